The Bertz CT molecular complexity index is 1270. The first-order valence-corrected chi connectivity index (χ1v) is 11.1. The molecule has 0 radical (unpaired) electrons. The minimum absolute atomic E-state index is 0.0240. The summed E-state index contributed by atoms with van der Waals surface area (Å²) in [7, 11) is -2.19. The fraction of sp³-hybridized carbons (Fsp3) is 0.238. The summed E-state index contributed by atoms with van der Waals surface area (Å²) in [6, 6.07) is 11.8. The number of hydrogen-bond donors (Lipinski definition) is 1. The first kappa shape index (κ1) is 20.6. The van der Waals surface area contributed by atoms with Crippen molar-refractivity contribution >= 4 is 21.6 Å². The number of ether oxygens (including phenoxy) is 1. The summed E-state index contributed by atoms with van der Waals surface area (Å²) >= 11 is 6.12. The Hall–Kier alpha value is -2.68. The smallest absolute Gasteiger partial charge is 0.254 e. The number of aromatic amines is 1. The summed E-state index contributed by atoms with van der Waals surface area (Å²) in [4.78, 5) is 20.1. The zero-order chi connectivity index (χ0) is 21.5. The number of H-pyrrole nitrogens is 1. The average molecular weight is 446 g/mol. The van der Waals surface area contributed by atoms with Crippen molar-refractivity contribution in [1.29, 1.82) is 0 Å². The maximum absolute atomic E-state index is 13.1. The van der Waals surface area contributed by atoms with Gasteiger partial charge in [-0.05, 0) is 55.3 Å². The zero-order valence-electron chi connectivity index (χ0n) is 16.5. The molecule has 0 bridgehead atoms. The number of rotatable bonds is 4. The molecule has 2 heterocycles. The number of nitrogens with zero attached hydrogens (tertiary/aromatic N) is 2. The molecule has 0 amide bonds. The highest BCUT2D eigenvalue weighted by molar-refractivity contribution is 7.89. The molecule has 7 nitrogen and oxygen atoms in total. The van der Waals surface area contributed by atoms with Crippen LogP contribution in [0.2, 0.25) is 5.02 Å². The Morgan fingerprint density at radius 1 is 1.17 bits per heavy atom. The van der Waals surface area contributed by atoms with E-state index in [-0.39, 0.29) is 23.5 Å². The largest absolute Gasteiger partial charge is 0.497 e. The lowest BCUT2D eigenvalue weighted by atomic mass is 10.1. The molecule has 1 aromatic heterocycles. The number of hydrogen-bond acceptors (Lipinski definition) is 5. The Balaban J connectivity index is 1.69. The van der Waals surface area contributed by atoms with E-state index in [0.717, 1.165) is 5.56 Å². The van der Waals surface area contributed by atoms with Crippen LogP contribution in [0.5, 0.6) is 5.75 Å². The minimum atomic E-state index is -3.76. The summed E-state index contributed by atoms with van der Waals surface area (Å²) in [5.74, 6) is 1.08. The number of aryl methyl sites for hydroxylation is 1. The second kappa shape index (κ2) is 7.86. The first-order valence-electron chi connectivity index (χ1n) is 9.32. The molecule has 9 heteroatoms. The van der Waals surface area contributed by atoms with Crippen LogP contribution in [0.15, 0.2) is 52.2 Å². The SMILES string of the molecule is COc1ccc(-c2nc3c(c(=O)[nH]2)CCN(S(=O)(=O)c2ccc(C)c(Cl)c2)C3)cc1. The molecule has 30 heavy (non-hydrogen) atoms. The van der Waals surface area contributed by atoms with Gasteiger partial charge in [-0.15, -0.1) is 0 Å². The Kier molecular flexibility index (Phi) is 5.40. The molecule has 0 atom stereocenters. The van der Waals surface area contributed by atoms with E-state index in [1.807, 2.05) is 6.92 Å². The van der Waals surface area contributed by atoms with Crippen LogP contribution in [-0.2, 0) is 23.0 Å². The number of fused-ring (bicyclic) bond motifs is 1. The van der Waals surface area contributed by atoms with Crippen LogP contribution in [0, 0.1) is 6.92 Å². The number of sulfonamides is 1. The van der Waals surface area contributed by atoms with E-state index < -0.39 is 10.0 Å². The maximum atomic E-state index is 13.1. The van der Waals surface area contributed by atoms with Gasteiger partial charge < -0.3 is 9.72 Å². The quantitative estimate of drug-likeness (QED) is 0.666. The van der Waals surface area contributed by atoms with Crippen molar-refractivity contribution < 1.29 is 13.2 Å². The normalized spacial score (nSPS) is 14.4. The van der Waals surface area contributed by atoms with Gasteiger partial charge in [0, 0.05) is 22.7 Å². The van der Waals surface area contributed by atoms with E-state index in [4.69, 9.17) is 16.3 Å². The monoisotopic (exact) mass is 445 g/mol. The summed E-state index contributed by atoms with van der Waals surface area (Å²) in [6.07, 6.45) is 0.291. The average Bonchev–Trinajstić information content (AvgIpc) is 2.75. The summed E-state index contributed by atoms with van der Waals surface area (Å²) in [5, 5.41) is 0.393. The Labute approximate surface area is 179 Å². The molecule has 0 aliphatic carbocycles. The summed E-state index contributed by atoms with van der Waals surface area (Å²) in [5.41, 5.74) is 2.23. The van der Waals surface area contributed by atoms with Gasteiger partial charge in [-0.1, -0.05) is 17.7 Å². The topological polar surface area (TPSA) is 92.4 Å². The van der Waals surface area contributed by atoms with E-state index >= 15 is 0 Å². The molecule has 0 saturated carbocycles. The minimum Gasteiger partial charge on any atom is -0.497 e. The van der Waals surface area contributed by atoms with Gasteiger partial charge >= 0.3 is 0 Å². The van der Waals surface area contributed by atoms with Crippen LogP contribution in [-0.4, -0.2) is 36.3 Å². The van der Waals surface area contributed by atoms with Crippen molar-refractivity contribution in [2.75, 3.05) is 13.7 Å². The van der Waals surface area contributed by atoms with Gasteiger partial charge in [0.25, 0.3) is 5.56 Å². The van der Waals surface area contributed by atoms with Crippen molar-refractivity contribution in [2.45, 2.75) is 24.8 Å². The Morgan fingerprint density at radius 3 is 2.57 bits per heavy atom. The van der Waals surface area contributed by atoms with E-state index in [1.54, 1.807) is 43.5 Å². The van der Waals surface area contributed by atoms with Gasteiger partial charge in [-0.2, -0.15) is 4.31 Å². The summed E-state index contributed by atoms with van der Waals surface area (Å²) < 4.78 is 32.7. The van der Waals surface area contributed by atoms with Crippen molar-refractivity contribution in [3.8, 4) is 17.1 Å². The molecule has 0 spiro atoms. The van der Waals surface area contributed by atoms with E-state index in [0.29, 0.717) is 39.8 Å². The molecular formula is C21H20ClN3O4S. The second-order valence-electron chi connectivity index (χ2n) is 7.07. The third-order valence-corrected chi connectivity index (χ3v) is 7.43. The standard InChI is InChI=1S/C21H20ClN3O4S/c1-13-3-8-16(11-18(13)22)30(27,28)25-10-9-17-19(12-25)23-20(24-21(17)26)14-4-6-15(29-2)7-5-14/h3-8,11H,9-10,12H2,1-2H3,(H,23,24,26). The lowest BCUT2D eigenvalue weighted by Crippen LogP contribution is -2.39. The lowest BCUT2D eigenvalue weighted by molar-refractivity contribution is 0.383. The summed E-state index contributed by atoms with van der Waals surface area (Å²) in [6.45, 7) is 2.04. The highest BCUT2D eigenvalue weighted by Crippen LogP contribution is 2.27. The fourth-order valence-electron chi connectivity index (χ4n) is 3.39. The highest BCUT2D eigenvalue weighted by Gasteiger charge is 2.31. The molecule has 1 N–H and O–H groups in total. The number of methoxy groups -OCH3 is 1. The van der Waals surface area contributed by atoms with Crippen LogP contribution in [0.1, 0.15) is 16.8 Å². The zero-order valence-corrected chi connectivity index (χ0v) is 18.0. The molecule has 0 unspecified atom stereocenters. The van der Waals surface area contributed by atoms with Crippen molar-refractivity contribution in [2.24, 2.45) is 0 Å². The fourth-order valence-corrected chi connectivity index (χ4v) is 5.06. The third kappa shape index (κ3) is 3.74. The van der Waals surface area contributed by atoms with Crippen molar-refractivity contribution in [1.82, 2.24) is 14.3 Å². The molecule has 4 rings (SSSR count). The number of halogens is 1. The molecule has 0 saturated heterocycles. The van der Waals surface area contributed by atoms with Crippen LogP contribution >= 0.6 is 11.6 Å². The molecule has 1 aliphatic heterocycles. The van der Waals surface area contributed by atoms with Crippen molar-refractivity contribution in [3.63, 3.8) is 0 Å². The van der Waals surface area contributed by atoms with Crippen LogP contribution in [0.25, 0.3) is 11.4 Å². The molecule has 0 fully saturated rings. The van der Waals surface area contributed by atoms with Gasteiger partial charge in [-0.25, -0.2) is 13.4 Å². The molecule has 156 valence electrons. The van der Waals surface area contributed by atoms with E-state index in [9.17, 15) is 13.2 Å². The van der Waals surface area contributed by atoms with Gasteiger partial charge in [-0.3, -0.25) is 4.79 Å². The predicted molar refractivity (Wildman–Crippen MR) is 114 cm³/mol. The van der Waals surface area contributed by atoms with Gasteiger partial charge in [0.15, 0.2) is 0 Å². The van der Waals surface area contributed by atoms with Gasteiger partial charge in [0.1, 0.15) is 11.6 Å². The number of nitrogens with one attached hydrogen (secondary N) is 1. The van der Waals surface area contributed by atoms with Crippen LogP contribution in [0.3, 0.4) is 0 Å². The second-order valence-corrected chi connectivity index (χ2v) is 9.41. The predicted octanol–water partition coefficient (Wildman–Crippen LogP) is 3.15. The molecular weight excluding hydrogens is 426 g/mol. The van der Waals surface area contributed by atoms with E-state index in [2.05, 4.69) is 9.97 Å². The van der Waals surface area contributed by atoms with E-state index in [1.165, 1.54) is 10.4 Å². The first-order chi connectivity index (χ1) is 14.3. The third-order valence-electron chi connectivity index (χ3n) is 5.18. The van der Waals surface area contributed by atoms with Gasteiger partial charge in [0.2, 0.25) is 10.0 Å². The molecule has 3 aromatic rings. The van der Waals surface area contributed by atoms with Crippen LogP contribution < -0.4 is 10.3 Å². The lowest BCUT2D eigenvalue weighted by Gasteiger charge is -2.27. The van der Waals surface area contributed by atoms with Gasteiger partial charge in [0.05, 0.1) is 24.2 Å². The number of aromatic nitrogens is 2. The van der Waals surface area contributed by atoms with Crippen molar-refractivity contribution in [3.05, 3.63) is 74.7 Å². The molecule has 2 aromatic carbocycles. The highest BCUT2D eigenvalue weighted by atomic mass is 35.5. The Morgan fingerprint density at radius 2 is 1.90 bits per heavy atom. The number of benzene rings is 2. The van der Waals surface area contributed by atoms with Crippen LogP contribution in [0.4, 0.5) is 0 Å². The maximum Gasteiger partial charge on any atom is 0.254 e. The molecule has 1 aliphatic rings.